The molecule has 0 radical (unpaired) electrons. The summed E-state index contributed by atoms with van der Waals surface area (Å²) in [5, 5.41) is 8.83. The van der Waals surface area contributed by atoms with Gasteiger partial charge in [0.2, 0.25) is 0 Å². The van der Waals surface area contributed by atoms with Gasteiger partial charge in [0, 0.05) is 6.08 Å². The second kappa shape index (κ2) is 7.83. The molecule has 0 heterocycles. The molecule has 2 aliphatic carbocycles. The first-order valence-corrected chi connectivity index (χ1v) is 8.98. The van der Waals surface area contributed by atoms with E-state index in [0.29, 0.717) is 0 Å². The van der Waals surface area contributed by atoms with E-state index in [0.717, 1.165) is 24.8 Å². The summed E-state index contributed by atoms with van der Waals surface area (Å²) in [5.74, 6) is -0.883. The van der Waals surface area contributed by atoms with Crippen LogP contribution in [0.25, 0.3) is 0 Å². The van der Waals surface area contributed by atoms with Gasteiger partial charge in [-0.2, -0.15) is 0 Å². The van der Waals surface area contributed by atoms with E-state index in [2.05, 4.69) is 39.0 Å². The first-order chi connectivity index (χ1) is 11.3. The van der Waals surface area contributed by atoms with Crippen molar-refractivity contribution in [1.29, 1.82) is 0 Å². The predicted octanol–water partition coefficient (Wildman–Crippen LogP) is 6.14. The molecule has 0 bridgehead atoms. The van der Waals surface area contributed by atoms with Crippen LogP contribution in [-0.4, -0.2) is 11.1 Å². The van der Waals surface area contributed by atoms with Gasteiger partial charge in [0.25, 0.3) is 0 Å². The quantitative estimate of drug-likeness (QED) is 0.630. The number of hydrogen-bond donors (Lipinski definition) is 1. The van der Waals surface area contributed by atoms with Crippen LogP contribution in [0.2, 0.25) is 0 Å². The largest absolute Gasteiger partial charge is 0.478 e. The number of carboxylic acid groups (broad SMARTS) is 1. The molecule has 0 aromatic heterocycles. The van der Waals surface area contributed by atoms with Crippen molar-refractivity contribution >= 4 is 5.97 Å². The molecule has 0 saturated carbocycles. The highest BCUT2D eigenvalue weighted by Gasteiger charge is 2.26. The molecule has 1 N–H and O–H groups in total. The number of hydrogen-bond acceptors (Lipinski definition) is 1. The fourth-order valence-electron chi connectivity index (χ4n) is 3.85. The summed E-state index contributed by atoms with van der Waals surface area (Å²) in [7, 11) is 0. The van der Waals surface area contributed by atoms with E-state index in [-0.39, 0.29) is 5.41 Å². The summed E-state index contributed by atoms with van der Waals surface area (Å²) < 4.78 is 0. The van der Waals surface area contributed by atoms with Crippen LogP contribution in [0, 0.1) is 5.41 Å². The SMILES string of the molecule is CC1=C(/C=C/C2=CC(=C/C(C)=C/C(=O)O)/CCC2)C(C)(C)CCC1. The van der Waals surface area contributed by atoms with Gasteiger partial charge in [-0.3, -0.25) is 0 Å². The Morgan fingerprint density at radius 2 is 1.92 bits per heavy atom. The Bertz CT molecular complexity index is 651. The molecule has 2 aliphatic rings. The molecule has 2 heteroatoms. The standard InChI is InChI=1S/C22H30O2/c1-16(14-21(23)24)13-19-9-5-8-18(15-19)10-11-20-17(2)7-6-12-22(20,3)4/h10-11,13-15H,5-9,12H2,1-4H3,(H,23,24)/b11-10+,16-14+,19-13+. The number of allylic oxidation sites excluding steroid dienone is 9. The maximum absolute atomic E-state index is 10.7. The molecule has 2 nitrogen and oxygen atoms in total. The minimum absolute atomic E-state index is 0.271. The van der Waals surface area contributed by atoms with E-state index in [1.54, 1.807) is 0 Å². The second-order valence-corrected chi connectivity index (χ2v) is 7.78. The Balaban J connectivity index is 2.20. The van der Waals surface area contributed by atoms with Crippen molar-refractivity contribution in [2.45, 2.75) is 66.2 Å². The summed E-state index contributed by atoms with van der Waals surface area (Å²) in [6.45, 7) is 8.80. The molecule has 0 spiro atoms. The Morgan fingerprint density at radius 1 is 1.17 bits per heavy atom. The van der Waals surface area contributed by atoms with Gasteiger partial charge in [-0.15, -0.1) is 0 Å². The number of aliphatic carboxylic acids is 1. The molecule has 2 rings (SSSR count). The van der Waals surface area contributed by atoms with Crippen LogP contribution >= 0.6 is 0 Å². The number of rotatable bonds is 4. The summed E-state index contributed by atoms with van der Waals surface area (Å²) in [6, 6.07) is 0. The Kier molecular flexibility index (Phi) is 6.04. The average molecular weight is 326 g/mol. The van der Waals surface area contributed by atoms with Crippen LogP contribution in [0.1, 0.15) is 66.2 Å². The predicted molar refractivity (Wildman–Crippen MR) is 101 cm³/mol. The molecule has 0 saturated heterocycles. The lowest BCUT2D eigenvalue weighted by molar-refractivity contribution is -0.131. The lowest BCUT2D eigenvalue weighted by Crippen LogP contribution is -2.19. The van der Waals surface area contributed by atoms with Crippen LogP contribution in [0.15, 0.2) is 58.2 Å². The Morgan fingerprint density at radius 3 is 2.58 bits per heavy atom. The van der Waals surface area contributed by atoms with E-state index in [1.807, 2.05) is 13.0 Å². The molecule has 24 heavy (non-hydrogen) atoms. The lowest BCUT2D eigenvalue weighted by atomic mass is 9.72. The van der Waals surface area contributed by atoms with Crippen LogP contribution in [0.4, 0.5) is 0 Å². The van der Waals surface area contributed by atoms with E-state index < -0.39 is 5.97 Å². The molecule has 0 aromatic carbocycles. The van der Waals surface area contributed by atoms with E-state index >= 15 is 0 Å². The number of carbonyl (C=O) groups is 1. The van der Waals surface area contributed by atoms with Gasteiger partial charge in [0.15, 0.2) is 0 Å². The van der Waals surface area contributed by atoms with Crippen molar-refractivity contribution in [2.24, 2.45) is 5.41 Å². The maximum Gasteiger partial charge on any atom is 0.328 e. The average Bonchev–Trinajstić information content (AvgIpc) is 2.45. The van der Waals surface area contributed by atoms with E-state index in [9.17, 15) is 4.79 Å². The zero-order valence-corrected chi connectivity index (χ0v) is 15.5. The monoisotopic (exact) mass is 326 g/mol. The van der Waals surface area contributed by atoms with Gasteiger partial charge in [0.05, 0.1) is 0 Å². The minimum atomic E-state index is -0.883. The molecule has 0 aliphatic heterocycles. The van der Waals surface area contributed by atoms with Crippen LogP contribution in [0.3, 0.4) is 0 Å². The second-order valence-electron chi connectivity index (χ2n) is 7.78. The van der Waals surface area contributed by atoms with Gasteiger partial charge >= 0.3 is 5.97 Å². The molecule has 0 amide bonds. The maximum atomic E-state index is 10.7. The third-order valence-electron chi connectivity index (χ3n) is 5.07. The third kappa shape index (κ3) is 5.09. The topological polar surface area (TPSA) is 37.3 Å². The van der Waals surface area contributed by atoms with Crippen molar-refractivity contribution in [3.63, 3.8) is 0 Å². The number of carboxylic acids is 1. The smallest absolute Gasteiger partial charge is 0.328 e. The van der Waals surface area contributed by atoms with Crippen LogP contribution in [0.5, 0.6) is 0 Å². The minimum Gasteiger partial charge on any atom is -0.478 e. The fourth-order valence-corrected chi connectivity index (χ4v) is 3.85. The highest BCUT2D eigenvalue weighted by molar-refractivity contribution is 5.81. The lowest BCUT2D eigenvalue weighted by Gasteiger charge is -2.33. The van der Waals surface area contributed by atoms with Crippen molar-refractivity contribution in [1.82, 2.24) is 0 Å². The zero-order chi connectivity index (χ0) is 17.7. The summed E-state index contributed by atoms with van der Waals surface area (Å²) in [4.78, 5) is 10.7. The molecule has 0 aromatic rings. The molecule has 130 valence electrons. The Hall–Kier alpha value is -1.83. The van der Waals surface area contributed by atoms with Gasteiger partial charge in [-0.05, 0) is 80.1 Å². The van der Waals surface area contributed by atoms with Gasteiger partial charge < -0.3 is 5.11 Å². The zero-order valence-electron chi connectivity index (χ0n) is 15.5. The van der Waals surface area contributed by atoms with Crippen molar-refractivity contribution < 1.29 is 9.90 Å². The summed E-state index contributed by atoms with van der Waals surface area (Å²) in [6.07, 6.45) is 17.1. The van der Waals surface area contributed by atoms with Crippen LogP contribution < -0.4 is 0 Å². The molecule has 0 atom stereocenters. The summed E-state index contributed by atoms with van der Waals surface area (Å²) >= 11 is 0. The molecular formula is C22H30O2. The van der Waals surface area contributed by atoms with E-state index in [4.69, 9.17) is 5.11 Å². The molecule has 0 unspecified atom stereocenters. The van der Waals surface area contributed by atoms with Crippen LogP contribution in [-0.2, 0) is 4.79 Å². The highest BCUT2D eigenvalue weighted by atomic mass is 16.4. The molecular weight excluding hydrogens is 296 g/mol. The normalized spacial score (nSPS) is 23.8. The first-order valence-electron chi connectivity index (χ1n) is 8.98. The van der Waals surface area contributed by atoms with Gasteiger partial charge in [-0.1, -0.05) is 43.7 Å². The summed E-state index contributed by atoms with van der Waals surface area (Å²) in [5.41, 5.74) is 6.66. The first kappa shape index (κ1) is 18.5. The van der Waals surface area contributed by atoms with E-state index in [1.165, 1.54) is 47.6 Å². The molecule has 0 fully saturated rings. The van der Waals surface area contributed by atoms with Crippen molar-refractivity contribution in [3.8, 4) is 0 Å². The highest BCUT2D eigenvalue weighted by Crippen LogP contribution is 2.41. The fraction of sp³-hybridized carbons (Fsp3) is 0.500. The van der Waals surface area contributed by atoms with Gasteiger partial charge in [-0.25, -0.2) is 4.79 Å². The van der Waals surface area contributed by atoms with Crippen molar-refractivity contribution in [2.75, 3.05) is 0 Å². The Labute approximate surface area is 146 Å². The van der Waals surface area contributed by atoms with Gasteiger partial charge in [0.1, 0.15) is 0 Å². The van der Waals surface area contributed by atoms with Crippen molar-refractivity contribution in [3.05, 3.63) is 58.2 Å². The third-order valence-corrected chi connectivity index (χ3v) is 5.07.